The summed E-state index contributed by atoms with van der Waals surface area (Å²) in [6, 6.07) is 6.97. The summed E-state index contributed by atoms with van der Waals surface area (Å²) in [7, 11) is 5.40. The van der Waals surface area contributed by atoms with E-state index in [4.69, 9.17) is 5.73 Å². The zero-order valence-electron chi connectivity index (χ0n) is 16.0. The second kappa shape index (κ2) is 7.19. The van der Waals surface area contributed by atoms with Gasteiger partial charge in [-0.1, -0.05) is 0 Å². The smallest absolute Gasteiger partial charge is 0.325 e. The zero-order chi connectivity index (χ0) is 19.8. The quantitative estimate of drug-likeness (QED) is 0.823. The first-order chi connectivity index (χ1) is 12.8. The Morgan fingerprint density at radius 1 is 1.19 bits per heavy atom. The van der Waals surface area contributed by atoms with E-state index in [1.54, 1.807) is 46.0 Å². The largest absolute Gasteiger partial charge is 0.368 e. The number of carbonyl (C=O) groups is 3. The Kier molecular flexibility index (Phi) is 5.10. The molecule has 0 bridgehead atoms. The summed E-state index contributed by atoms with van der Waals surface area (Å²) in [6.45, 7) is 1.05. The van der Waals surface area contributed by atoms with E-state index in [-0.39, 0.29) is 18.5 Å². The Labute approximate surface area is 159 Å². The van der Waals surface area contributed by atoms with Crippen molar-refractivity contribution in [1.82, 2.24) is 9.80 Å². The number of fused-ring (bicyclic) bond motifs is 1. The fourth-order valence-corrected chi connectivity index (χ4v) is 3.66. The lowest BCUT2D eigenvalue weighted by Crippen LogP contribution is -2.59. The molecule has 2 aliphatic rings. The summed E-state index contributed by atoms with van der Waals surface area (Å²) >= 11 is 0. The van der Waals surface area contributed by atoms with E-state index in [1.165, 1.54) is 0 Å². The van der Waals surface area contributed by atoms with Gasteiger partial charge in [0.1, 0.15) is 5.54 Å². The van der Waals surface area contributed by atoms with Crippen molar-refractivity contribution in [2.45, 2.75) is 18.4 Å². The molecule has 27 heavy (non-hydrogen) atoms. The van der Waals surface area contributed by atoms with Crippen molar-refractivity contribution in [1.29, 1.82) is 0 Å². The molecule has 1 aromatic carbocycles. The van der Waals surface area contributed by atoms with Crippen LogP contribution < -0.4 is 15.5 Å². The van der Waals surface area contributed by atoms with Gasteiger partial charge in [-0.15, -0.1) is 0 Å². The summed E-state index contributed by atoms with van der Waals surface area (Å²) in [5.41, 5.74) is 6.03. The molecule has 0 aliphatic carbocycles. The molecule has 0 unspecified atom stereocenters. The van der Waals surface area contributed by atoms with Gasteiger partial charge in [0.2, 0.25) is 11.8 Å². The van der Waals surface area contributed by atoms with Crippen LogP contribution in [0.1, 0.15) is 12.8 Å². The Morgan fingerprint density at radius 3 is 2.41 bits per heavy atom. The van der Waals surface area contributed by atoms with Crippen LogP contribution in [0.4, 0.5) is 16.2 Å². The lowest BCUT2D eigenvalue weighted by atomic mass is 9.87. The standard InChI is InChI=1S/C19H26N5O3/c1-21(2)12-16(25)22(3)14-6-8-15(9-7-14)23-13-19(17(20)26)10-4-5-11-24(19)18(23)27/h6-10H,4-5,11-13H2,1-3H3,(H2,20,26)/t19-/m1/s1. The highest BCUT2D eigenvalue weighted by molar-refractivity contribution is 6.03. The van der Waals surface area contributed by atoms with Gasteiger partial charge in [0.25, 0.3) is 0 Å². The Balaban J connectivity index is 1.80. The first-order valence-electron chi connectivity index (χ1n) is 9.01. The van der Waals surface area contributed by atoms with Gasteiger partial charge in [-0.3, -0.25) is 14.5 Å². The molecule has 8 nitrogen and oxygen atoms in total. The number of likely N-dealkylation sites (N-methyl/N-ethyl adjacent to an activating group) is 2. The minimum atomic E-state index is -1.04. The molecule has 1 aromatic rings. The number of nitrogens with zero attached hydrogens (tertiary/aromatic N) is 4. The highest BCUT2D eigenvalue weighted by Crippen LogP contribution is 2.37. The van der Waals surface area contributed by atoms with Crippen molar-refractivity contribution in [3.63, 3.8) is 0 Å². The normalized spacial score (nSPS) is 22.1. The van der Waals surface area contributed by atoms with E-state index in [0.717, 1.165) is 18.5 Å². The molecular formula is C19H26N5O3. The van der Waals surface area contributed by atoms with Crippen LogP contribution in [0, 0.1) is 6.42 Å². The van der Waals surface area contributed by atoms with Crippen LogP contribution >= 0.6 is 0 Å². The fourth-order valence-electron chi connectivity index (χ4n) is 3.66. The molecule has 2 N–H and O–H groups in total. The average molecular weight is 372 g/mol. The molecule has 145 valence electrons. The van der Waals surface area contributed by atoms with Gasteiger partial charge in [-0.2, -0.15) is 0 Å². The van der Waals surface area contributed by atoms with Crippen molar-refractivity contribution in [2.24, 2.45) is 5.73 Å². The summed E-state index contributed by atoms with van der Waals surface area (Å²) in [5, 5.41) is 0. The highest BCUT2D eigenvalue weighted by Gasteiger charge is 2.55. The third-order valence-corrected chi connectivity index (χ3v) is 5.21. The van der Waals surface area contributed by atoms with Crippen LogP contribution in [0.3, 0.4) is 0 Å². The van der Waals surface area contributed by atoms with Crippen molar-refractivity contribution < 1.29 is 14.4 Å². The molecular weight excluding hydrogens is 346 g/mol. The van der Waals surface area contributed by atoms with Gasteiger partial charge in [0.05, 0.1) is 13.1 Å². The summed E-state index contributed by atoms with van der Waals surface area (Å²) in [5.74, 6) is -0.520. The molecule has 1 atom stereocenters. The maximum absolute atomic E-state index is 12.9. The molecule has 0 spiro atoms. The molecule has 0 saturated carbocycles. The average Bonchev–Trinajstić information content (AvgIpc) is 2.95. The molecule has 3 rings (SSSR count). The third-order valence-electron chi connectivity index (χ3n) is 5.21. The number of primary amides is 1. The molecule has 2 aliphatic heterocycles. The van der Waals surface area contributed by atoms with E-state index in [2.05, 4.69) is 0 Å². The van der Waals surface area contributed by atoms with Crippen LogP contribution in [0.2, 0.25) is 0 Å². The van der Waals surface area contributed by atoms with E-state index < -0.39 is 11.4 Å². The van der Waals surface area contributed by atoms with E-state index in [9.17, 15) is 14.4 Å². The van der Waals surface area contributed by atoms with Crippen molar-refractivity contribution in [3.8, 4) is 0 Å². The summed E-state index contributed by atoms with van der Waals surface area (Å²) in [4.78, 5) is 43.7. The lowest BCUT2D eigenvalue weighted by Gasteiger charge is -2.37. The first-order valence-corrected chi connectivity index (χ1v) is 9.01. The van der Waals surface area contributed by atoms with Crippen molar-refractivity contribution in [2.75, 3.05) is 50.6 Å². The van der Waals surface area contributed by atoms with E-state index in [1.807, 2.05) is 25.4 Å². The molecule has 2 heterocycles. The fraction of sp³-hybridized carbons (Fsp3) is 0.474. The van der Waals surface area contributed by atoms with Gasteiger partial charge in [0, 0.05) is 25.0 Å². The number of anilines is 2. The van der Waals surface area contributed by atoms with Crippen LogP contribution in [0.15, 0.2) is 24.3 Å². The van der Waals surface area contributed by atoms with Crippen LogP contribution in [0.25, 0.3) is 0 Å². The van der Waals surface area contributed by atoms with Gasteiger partial charge in [-0.05, 0) is 57.6 Å². The first kappa shape index (κ1) is 19.2. The minimum absolute atomic E-state index is 0.0237. The summed E-state index contributed by atoms with van der Waals surface area (Å²) < 4.78 is 0. The van der Waals surface area contributed by atoms with Gasteiger partial charge in [0.15, 0.2) is 0 Å². The number of hydrogen-bond donors (Lipinski definition) is 1. The number of benzene rings is 1. The maximum Gasteiger partial charge on any atom is 0.325 e. The van der Waals surface area contributed by atoms with Crippen molar-refractivity contribution in [3.05, 3.63) is 30.7 Å². The number of rotatable bonds is 5. The highest BCUT2D eigenvalue weighted by atomic mass is 16.2. The third kappa shape index (κ3) is 3.37. The molecule has 4 amide bonds. The second-order valence-corrected chi connectivity index (χ2v) is 7.36. The number of nitrogens with two attached hydrogens (primary N) is 1. The monoisotopic (exact) mass is 372 g/mol. The maximum atomic E-state index is 12.9. The summed E-state index contributed by atoms with van der Waals surface area (Å²) in [6.07, 6.45) is 3.45. The van der Waals surface area contributed by atoms with Crippen LogP contribution in [0.5, 0.6) is 0 Å². The Bertz CT molecular complexity index is 748. The number of amides is 4. The Morgan fingerprint density at radius 2 is 1.85 bits per heavy atom. The molecule has 2 saturated heterocycles. The van der Waals surface area contributed by atoms with Gasteiger partial charge in [-0.25, -0.2) is 4.79 Å². The number of piperidine rings is 1. The second-order valence-electron chi connectivity index (χ2n) is 7.36. The minimum Gasteiger partial charge on any atom is -0.368 e. The zero-order valence-corrected chi connectivity index (χ0v) is 16.0. The molecule has 1 radical (unpaired) electrons. The number of carbonyl (C=O) groups excluding carboxylic acids is 3. The predicted octanol–water partition coefficient (Wildman–Crippen LogP) is 0.675. The number of urea groups is 1. The lowest BCUT2D eigenvalue weighted by molar-refractivity contribution is -0.126. The molecule has 0 aromatic heterocycles. The van der Waals surface area contributed by atoms with E-state index in [0.29, 0.717) is 18.8 Å². The van der Waals surface area contributed by atoms with Gasteiger partial charge < -0.3 is 20.4 Å². The molecule has 2 fully saturated rings. The van der Waals surface area contributed by atoms with Crippen LogP contribution in [-0.2, 0) is 9.59 Å². The van der Waals surface area contributed by atoms with Gasteiger partial charge >= 0.3 is 6.03 Å². The SMILES string of the molecule is CN(C)CC(=O)N(C)c1ccc(N2C[C@@]3(C(N)=O)[CH]CCCN3C2=O)cc1. The van der Waals surface area contributed by atoms with Crippen LogP contribution in [-0.4, -0.2) is 74.0 Å². The number of hydrogen-bond acceptors (Lipinski definition) is 4. The molecule has 8 heteroatoms. The predicted molar refractivity (Wildman–Crippen MR) is 103 cm³/mol. The van der Waals surface area contributed by atoms with E-state index >= 15 is 0 Å². The topological polar surface area (TPSA) is 90.2 Å². The Hall–Kier alpha value is -2.61. The van der Waals surface area contributed by atoms with Crippen molar-refractivity contribution >= 4 is 29.2 Å².